The van der Waals surface area contributed by atoms with Gasteiger partial charge in [-0.25, -0.2) is 4.79 Å². The topological polar surface area (TPSA) is 114 Å². The Labute approximate surface area is 133 Å². The molecule has 0 saturated heterocycles. The van der Waals surface area contributed by atoms with Crippen LogP contribution in [0.15, 0.2) is 45.6 Å². The molecule has 0 saturated carbocycles. The zero-order valence-corrected chi connectivity index (χ0v) is 14.3. The van der Waals surface area contributed by atoms with E-state index in [9.17, 15) is 9.36 Å². The van der Waals surface area contributed by atoms with Crippen LogP contribution in [0.2, 0.25) is 0 Å². The molecule has 0 unspecified atom stereocenters. The average molecular weight is 347 g/mol. The number of thioether (sulfide) groups is 1. The molecule has 8 heteroatoms. The van der Waals surface area contributed by atoms with E-state index in [2.05, 4.69) is 5.73 Å². The summed E-state index contributed by atoms with van der Waals surface area (Å²) in [5, 5.41) is 0.951. The lowest BCUT2D eigenvalue weighted by atomic mass is 10.2. The maximum Gasteiger partial charge on any atom is 0.336 e. The van der Waals surface area contributed by atoms with E-state index in [4.69, 9.17) is 14.2 Å². The molecule has 0 radical (unpaired) electrons. The van der Waals surface area contributed by atoms with E-state index in [-0.39, 0.29) is 11.8 Å². The van der Waals surface area contributed by atoms with Gasteiger partial charge in [0.25, 0.3) is 0 Å². The molecule has 4 N–H and O–H groups in total. The molecule has 0 spiro atoms. The fourth-order valence-corrected chi connectivity index (χ4v) is 2.64. The van der Waals surface area contributed by atoms with Crippen molar-refractivity contribution in [2.45, 2.75) is 6.42 Å². The number of nitrogens with two attached hydrogens (primary N) is 1. The van der Waals surface area contributed by atoms with Crippen molar-refractivity contribution in [3.8, 4) is 0 Å². The Hall–Kier alpha value is -1.11. The lowest BCUT2D eigenvalue weighted by molar-refractivity contribution is 0.372. The van der Waals surface area contributed by atoms with Crippen molar-refractivity contribution in [3.63, 3.8) is 0 Å². The summed E-state index contributed by atoms with van der Waals surface area (Å²) in [4.78, 5) is 27.4. The normalized spacial score (nSPS) is 10.2. The van der Waals surface area contributed by atoms with Gasteiger partial charge < -0.3 is 19.9 Å². The first-order valence-electron chi connectivity index (χ1n) is 6.52. The summed E-state index contributed by atoms with van der Waals surface area (Å²) >= 11 is 1.60. The number of para-hydroxylation sites is 1. The first-order valence-corrected chi connectivity index (χ1v) is 9.71. The molecule has 0 fully saturated rings. The van der Waals surface area contributed by atoms with Gasteiger partial charge in [0.1, 0.15) is 5.58 Å². The molecule has 0 amide bonds. The second kappa shape index (κ2) is 11.5. The average Bonchev–Trinajstić information content (AvgIpc) is 2.49. The van der Waals surface area contributed by atoms with Crippen LogP contribution in [0.5, 0.6) is 0 Å². The zero-order valence-electron chi connectivity index (χ0n) is 12.6. The molecule has 22 heavy (non-hydrogen) atoms. The lowest BCUT2D eigenvalue weighted by Crippen LogP contribution is -1.93. The minimum Gasteiger partial charge on any atom is -0.423 e. The van der Waals surface area contributed by atoms with E-state index >= 15 is 0 Å². The van der Waals surface area contributed by atoms with Gasteiger partial charge in [-0.2, -0.15) is 11.8 Å². The van der Waals surface area contributed by atoms with E-state index in [0.29, 0.717) is 12.0 Å². The van der Waals surface area contributed by atoms with Crippen LogP contribution in [0.1, 0.15) is 6.42 Å². The van der Waals surface area contributed by atoms with Crippen molar-refractivity contribution in [3.05, 3.63) is 46.8 Å². The molecule has 1 aromatic heterocycles. The molecule has 2 rings (SSSR count). The minimum atomic E-state index is -3.71. The lowest BCUT2D eigenvalue weighted by Gasteiger charge is -2.00. The van der Waals surface area contributed by atoms with Crippen LogP contribution < -0.4 is 11.4 Å². The Bertz CT molecular complexity index is 640. The van der Waals surface area contributed by atoms with Crippen molar-refractivity contribution in [2.75, 3.05) is 25.2 Å². The zero-order chi connectivity index (χ0) is 17.0. The fraction of sp³-hybridized carbons (Fsp3) is 0.357. The number of rotatable bonds is 4. The van der Waals surface area contributed by atoms with Gasteiger partial charge in [0.15, 0.2) is 0 Å². The molecule has 0 aliphatic rings. The summed E-state index contributed by atoms with van der Waals surface area (Å²) in [6.45, 7) is 0. The van der Waals surface area contributed by atoms with E-state index < -0.39 is 7.60 Å². The van der Waals surface area contributed by atoms with Gasteiger partial charge in [-0.15, -0.1) is 0 Å². The van der Waals surface area contributed by atoms with Crippen LogP contribution in [0.4, 0.5) is 0 Å². The van der Waals surface area contributed by atoms with Gasteiger partial charge in [-0.3, -0.25) is 4.57 Å². The molecule has 1 aromatic carbocycles. The third-order valence-electron chi connectivity index (χ3n) is 2.33. The molecular weight excluding hydrogens is 325 g/mol. The minimum absolute atomic E-state index is 0.0217. The van der Waals surface area contributed by atoms with E-state index in [1.165, 1.54) is 13.1 Å². The molecule has 0 aliphatic heterocycles. The maximum atomic E-state index is 10.7. The van der Waals surface area contributed by atoms with Gasteiger partial charge in [-0.1, -0.05) is 18.2 Å². The molecule has 6 nitrogen and oxygen atoms in total. The van der Waals surface area contributed by atoms with Gasteiger partial charge in [-0.05, 0) is 37.6 Å². The molecule has 0 aliphatic carbocycles. The van der Waals surface area contributed by atoms with Crippen LogP contribution in [0.25, 0.3) is 11.0 Å². The Balaban J connectivity index is 0.000000369. The summed E-state index contributed by atoms with van der Waals surface area (Å²) in [6, 6.07) is 10.6. The van der Waals surface area contributed by atoms with E-state index in [1.807, 2.05) is 24.5 Å². The standard InChI is InChI=1S/C9H6O2.C4H11O3PS.CH5N/c10-9-6-5-7-3-1-2-4-8(7)11-9;1-9-4-2-3-8(5,6)7;1-2/h1-6H;2-4H2,1H3,(H2,5,6,7);2H2,1H3. The van der Waals surface area contributed by atoms with Crippen LogP contribution in [-0.4, -0.2) is 35.0 Å². The molecule has 1 heterocycles. The van der Waals surface area contributed by atoms with Crippen molar-refractivity contribution in [1.29, 1.82) is 0 Å². The third-order valence-corrected chi connectivity index (χ3v) is 3.92. The van der Waals surface area contributed by atoms with Gasteiger partial charge in [0, 0.05) is 11.5 Å². The molecule has 2 aromatic rings. The predicted molar refractivity (Wildman–Crippen MR) is 92.5 cm³/mol. The highest BCUT2D eigenvalue weighted by Gasteiger charge is 2.10. The van der Waals surface area contributed by atoms with Crippen LogP contribution in [0, 0.1) is 0 Å². The quantitative estimate of drug-likeness (QED) is 0.442. The van der Waals surface area contributed by atoms with Crippen LogP contribution in [-0.2, 0) is 4.57 Å². The van der Waals surface area contributed by atoms with Crippen molar-refractivity contribution >= 4 is 30.3 Å². The molecule has 0 bridgehead atoms. The highest BCUT2D eigenvalue weighted by atomic mass is 32.2. The predicted octanol–water partition coefficient (Wildman–Crippen LogP) is 2.29. The Morgan fingerprint density at radius 1 is 1.18 bits per heavy atom. The highest BCUT2D eigenvalue weighted by Crippen LogP contribution is 2.34. The van der Waals surface area contributed by atoms with Crippen molar-refractivity contribution in [1.82, 2.24) is 0 Å². The van der Waals surface area contributed by atoms with Crippen LogP contribution in [0.3, 0.4) is 0 Å². The van der Waals surface area contributed by atoms with Gasteiger partial charge in [0.2, 0.25) is 0 Å². The van der Waals surface area contributed by atoms with E-state index in [1.54, 1.807) is 23.9 Å². The third kappa shape index (κ3) is 9.76. The van der Waals surface area contributed by atoms with Gasteiger partial charge in [0.05, 0.1) is 6.16 Å². The highest BCUT2D eigenvalue weighted by molar-refractivity contribution is 7.98. The number of hydrogen-bond acceptors (Lipinski definition) is 5. The smallest absolute Gasteiger partial charge is 0.336 e. The summed E-state index contributed by atoms with van der Waals surface area (Å²) in [7, 11) is -2.21. The Morgan fingerprint density at radius 2 is 1.82 bits per heavy atom. The fourth-order valence-electron chi connectivity index (χ4n) is 1.43. The summed E-state index contributed by atoms with van der Waals surface area (Å²) in [6.07, 6.45) is 2.54. The largest absolute Gasteiger partial charge is 0.423 e. The number of benzene rings is 1. The van der Waals surface area contributed by atoms with Crippen LogP contribution >= 0.6 is 19.4 Å². The second-order valence-corrected chi connectivity index (χ2v) is 6.79. The molecule has 124 valence electrons. The van der Waals surface area contributed by atoms with Crippen molar-refractivity contribution in [2.24, 2.45) is 5.73 Å². The number of hydrogen-bond donors (Lipinski definition) is 3. The second-order valence-electron chi connectivity index (χ2n) is 4.03. The number of fused-ring (bicyclic) bond motifs is 1. The summed E-state index contributed by atoms with van der Waals surface area (Å²) in [5.41, 5.74) is 4.84. The SMILES string of the molecule is CN.CSCCCP(=O)(O)O.O=c1ccc2ccccc2o1. The van der Waals surface area contributed by atoms with Crippen molar-refractivity contribution < 1.29 is 18.8 Å². The monoisotopic (exact) mass is 347 g/mol. The van der Waals surface area contributed by atoms with E-state index in [0.717, 1.165) is 11.1 Å². The first kappa shape index (κ1) is 20.9. The van der Waals surface area contributed by atoms with Gasteiger partial charge >= 0.3 is 13.2 Å². The Morgan fingerprint density at radius 3 is 2.41 bits per heavy atom. The summed E-state index contributed by atoms with van der Waals surface area (Å²) < 4.78 is 15.1. The molecular formula is C14H22NO5PS. The molecule has 0 atom stereocenters. The summed E-state index contributed by atoms with van der Waals surface area (Å²) in [5.74, 6) is 0.825. The first-order chi connectivity index (χ1) is 10.4. The Kier molecular flexibility index (Phi) is 10.9. The maximum absolute atomic E-state index is 10.7.